The predicted octanol–water partition coefficient (Wildman–Crippen LogP) is 2.12. The third-order valence-corrected chi connectivity index (χ3v) is 4.90. The molecule has 2 unspecified atom stereocenters. The quantitative estimate of drug-likeness (QED) is 0.700. The van der Waals surface area contributed by atoms with E-state index >= 15 is 0 Å². The monoisotopic (exact) mass is 394 g/mol. The number of nitrogens with zero attached hydrogens (tertiary/aromatic N) is 1. The van der Waals surface area contributed by atoms with Gasteiger partial charge in [-0.2, -0.15) is 0 Å². The Labute approximate surface area is 168 Å². The number of imide groups is 1. The molecule has 3 amide bonds. The van der Waals surface area contributed by atoms with Gasteiger partial charge in [0, 0.05) is 6.42 Å². The third-order valence-electron chi connectivity index (χ3n) is 4.90. The van der Waals surface area contributed by atoms with Gasteiger partial charge in [-0.05, 0) is 23.6 Å². The van der Waals surface area contributed by atoms with Crippen LogP contribution in [-0.4, -0.2) is 45.8 Å². The fourth-order valence-electron chi connectivity index (χ4n) is 3.49. The maximum Gasteiger partial charge on any atom is 0.326 e. The molecule has 1 aliphatic rings. The van der Waals surface area contributed by atoms with Gasteiger partial charge >= 0.3 is 5.97 Å². The molecule has 0 fully saturated rings. The molecule has 0 saturated heterocycles. The van der Waals surface area contributed by atoms with Gasteiger partial charge in [-0.15, -0.1) is 0 Å². The minimum atomic E-state index is -1.19. The second-order valence-corrected chi connectivity index (χ2v) is 7.30. The Kier molecular flexibility index (Phi) is 5.77. The Bertz CT molecular complexity index is 920. The average molecular weight is 394 g/mol. The van der Waals surface area contributed by atoms with Gasteiger partial charge in [-0.1, -0.05) is 56.3 Å². The van der Waals surface area contributed by atoms with Crippen LogP contribution < -0.4 is 5.32 Å². The van der Waals surface area contributed by atoms with E-state index in [1.165, 1.54) is 0 Å². The first-order valence-electron chi connectivity index (χ1n) is 9.35. The minimum absolute atomic E-state index is 0.0921. The lowest BCUT2D eigenvalue weighted by molar-refractivity contribution is -0.142. The first-order valence-corrected chi connectivity index (χ1v) is 9.35. The smallest absolute Gasteiger partial charge is 0.326 e. The second kappa shape index (κ2) is 8.26. The van der Waals surface area contributed by atoms with Crippen LogP contribution >= 0.6 is 0 Å². The van der Waals surface area contributed by atoms with E-state index in [1.54, 1.807) is 62.4 Å². The lowest BCUT2D eigenvalue weighted by atomic mass is 10.00. The van der Waals surface area contributed by atoms with Gasteiger partial charge < -0.3 is 10.4 Å². The lowest BCUT2D eigenvalue weighted by Crippen LogP contribution is -2.55. The molecule has 3 rings (SSSR count). The number of hydrogen-bond donors (Lipinski definition) is 2. The number of benzene rings is 2. The van der Waals surface area contributed by atoms with E-state index in [1.807, 2.05) is 6.07 Å². The van der Waals surface area contributed by atoms with Gasteiger partial charge in [0.25, 0.3) is 11.8 Å². The van der Waals surface area contributed by atoms with E-state index in [9.17, 15) is 24.3 Å². The summed E-state index contributed by atoms with van der Waals surface area (Å²) in [6.45, 7) is 3.42. The van der Waals surface area contributed by atoms with Crippen LogP contribution in [0.5, 0.6) is 0 Å². The highest BCUT2D eigenvalue weighted by Gasteiger charge is 2.44. The molecule has 1 aliphatic heterocycles. The highest BCUT2D eigenvalue weighted by Crippen LogP contribution is 2.27. The highest BCUT2D eigenvalue weighted by atomic mass is 16.4. The molecule has 1 heterocycles. The summed E-state index contributed by atoms with van der Waals surface area (Å²) >= 11 is 0. The largest absolute Gasteiger partial charge is 0.480 e. The van der Waals surface area contributed by atoms with Gasteiger partial charge in [0.05, 0.1) is 11.1 Å². The summed E-state index contributed by atoms with van der Waals surface area (Å²) < 4.78 is 0. The fraction of sp³-hybridized carbons (Fsp3) is 0.273. The summed E-state index contributed by atoms with van der Waals surface area (Å²) in [4.78, 5) is 51.2. The Hall–Kier alpha value is -3.48. The molecule has 7 heteroatoms. The average Bonchev–Trinajstić information content (AvgIpc) is 2.94. The maximum atomic E-state index is 13.0. The molecule has 7 nitrogen and oxygen atoms in total. The first-order chi connectivity index (χ1) is 13.8. The van der Waals surface area contributed by atoms with Gasteiger partial charge in [0.2, 0.25) is 5.91 Å². The molecule has 150 valence electrons. The number of carboxylic acids is 1. The summed E-state index contributed by atoms with van der Waals surface area (Å²) in [7, 11) is 0. The van der Waals surface area contributed by atoms with Crippen LogP contribution in [0.25, 0.3) is 0 Å². The van der Waals surface area contributed by atoms with Crippen LogP contribution in [0.3, 0.4) is 0 Å². The Morgan fingerprint density at radius 3 is 1.93 bits per heavy atom. The zero-order chi connectivity index (χ0) is 21.1. The van der Waals surface area contributed by atoms with Crippen molar-refractivity contribution in [2.45, 2.75) is 32.4 Å². The molecule has 2 aromatic carbocycles. The van der Waals surface area contributed by atoms with Crippen molar-refractivity contribution in [2.24, 2.45) is 5.92 Å². The summed E-state index contributed by atoms with van der Waals surface area (Å²) in [5.74, 6) is -3.35. The minimum Gasteiger partial charge on any atom is -0.480 e. The molecular weight excluding hydrogens is 372 g/mol. The number of carboxylic acid groups (broad SMARTS) is 1. The highest BCUT2D eigenvalue weighted by molar-refractivity contribution is 6.22. The van der Waals surface area contributed by atoms with Crippen molar-refractivity contribution in [3.63, 3.8) is 0 Å². The number of rotatable bonds is 7. The van der Waals surface area contributed by atoms with Crippen molar-refractivity contribution in [1.82, 2.24) is 10.2 Å². The lowest BCUT2D eigenvalue weighted by Gasteiger charge is -2.29. The predicted molar refractivity (Wildman–Crippen MR) is 105 cm³/mol. The molecule has 0 bridgehead atoms. The third kappa shape index (κ3) is 4.03. The molecule has 0 aromatic heterocycles. The van der Waals surface area contributed by atoms with Gasteiger partial charge in [-0.25, -0.2) is 4.79 Å². The van der Waals surface area contributed by atoms with E-state index in [-0.39, 0.29) is 17.5 Å². The molecule has 2 aromatic rings. The summed E-state index contributed by atoms with van der Waals surface area (Å²) in [5.41, 5.74) is 1.24. The topological polar surface area (TPSA) is 104 Å². The number of aliphatic carboxylic acids is 1. The first kappa shape index (κ1) is 20.3. The number of nitrogens with one attached hydrogen (secondary N) is 1. The number of carbonyl (C=O) groups is 4. The van der Waals surface area contributed by atoms with Crippen molar-refractivity contribution in [2.75, 3.05) is 0 Å². The zero-order valence-electron chi connectivity index (χ0n) is 16.2. The van der Waals surface area contributed by atoms with Crippen LogP contribution in [0, 0.1) is 5.92 Å². The molecule has 0 radical (unpaired) electrons. The number of amides is 3. The Balaban J connectivity index is 1.84. The maximum absolute atomic E-state index is 13.0. The molecule has 0 aliphatic carbocycles. The van der Waals surface area contributed by atoms with Crippen LogP contribution in [-0.2, 0) is 16.0 Å². The SMILES string of the molecule is CC(C)C(C(=O)NC(Cc1ccccc1)C(=O)O)N1C(=O)c2ccccc2C1=O. The van der Waals surface area contributed by atoms with Crippen LogP contribution in [0.2, 0.25) is 0 Å². The van der Waals surface area contributed by atoms with E-state index in [0.29, 0.717) is 0 Å². The molecule has 0 spiro atoms. The summed E-state index contributed by atoms with van der Waals surface area (Å²) in [6, 6.07) is 13.0. The Morgan fingerprint density at radius 1 is 0.931 bits per heavy atom. The fourth-order valence-corrected chi connectivity index (χ4v) is 3.49. The van der Waals surface area contributed by atoms with Crippen molar-refractivity contribution in [1.29, 1.82) is 0 Å². The van der Waals surface area contributed by atoms with Crippen molar-refractivity contribution >= 4 is 23.7 Å². The zero-order valence-corrected chi connectivity index (χ0v) is 16.2. The molecule has 29 heavy (non-hydrogen) atoms. The number of hydrogen-bond acceptors (Lipinski definition) is 4. The van der Waals surface area contributed by atoms with Crippen LogP contribution in [0.15, 0.2) is 54.6 Å². The molecule has 0 saturated carbocycles. The van der Waals surface area contributed by atoms with E-state index in [0.717, 1.165) is 10.5 Å². The summed E-state index contributed by atoms with van der Waals surface area (Å²) in [5, 5.41) is 12.1. The molecule has 2 N–H and O–H groups in total. The van der Waals surface area contributed by atoms with E-state index in [2.05, 4.69) is 5.32 Å². The van der Waals surface area contributed by atoms with Crippen molar-refractivity contribution in [3.8, 4) is 0 Å². The van der Waals surface area contributed by atoms with Crippen molar-refractivity contribution < 1.29 is 24.3 Å². The normalized spacial score (nSPS) is 15.2. The number of fused-ring (bicyclic) bond motifs is 1. The standard InChI is InChI=1S/C22H22N2O5/c1-13(2)18(24-20(26)15-10-6-7-11-16(15)21(24)27)19(25)23-17(22(28)29)12-14-8-4-3-5-9-14/h3-11,13,17-18H,12H2,1-2H3,(H,23,25)(H,28,29). The molecular formula is C22H22N2O5. The van der Waals surface area contributed by atoms with E-state index < -0.39 is 41.7 Å². The van der Waals surface area contributed by atoms with Gasteiger partial charge in [0.1, 0.15) is 12.1 Å². The van der Waals surface area contributed by atoms with Gasteiger partial charge in [-0.3, -0.25) is 19.3 Å². The van der Waals surface area contributed by atoms with Crippen LogP contribution in [0.1, 0.15) is 40.1 Å². The number of carbonyl (C=O) groups excluding carboxylic acids is 3. The second-order valence-electron chi connectivity index (χ2n) is 7.30. The van der Waals surface area contributed by atoms with Crippen molar-refractivity contribution in [3.05, 3.63) is 71.3 Å². The van der Waals surface area contributed by atoms with Crippen LogP contribution in [0.4, 0.5) is 0 Å². The van der Waals surface area contributed by atoms with Gasteiger partial charge in [0.15, 0.2) is 0 Å². The molecule has 2 atom stereocenters. The summed E-state index contributed by atoms with van der Waals surface area (Å²) in [6.07, 6.45) is 0.0921. The van der Waals surface area contributed by atoms with E-state index in [4.69, 9.17) is 0 Å². The Morgan fingerprint density at radius 2 is 1.45 bits per heavy atom.